The lowest BCUT2D eigenvalue weighted by Crippen LogP contribution is -2.34. The Balaban J connectivity index is 2.38. The number of thioether (sulfide) groups is 1. The van der Waals surface area contributed by atoms with Crippen LogP contribution < -0.4 is 5.32 Å². The monoisotopic (exact) mass is 253 g/mol. The minimum Gasteiger partial charge on any atom is -0.508 e. The Kier molecular flexibility index (Phi) is 5.91. The highest BCUT2D eigenvalue weighted by molar-refractivity contribution is 8.00. The predicted octanol–water partition coefficient (Wildman–Crippen LogP) is 2.79. The van der Waals surface area contributed by atoms with Crippen molar-refractivity contribution in [1.29, 1.82) is 0 Å². The molecule has 0 aliphatic carbocycles. The van der Waals surface area contributed by atoms with Crippen LogP contribution in [0.2, 0.25) is 0 Å². The summed E-state index contributed by atoms with van der Waals surface area (Å²) < 4.78 is 0. The van der Waals surface area contributed by atoms with Crippen LogP contribution in [0.4, 0.5) is 0 Å². The highest BCUT2D eigenvalue weighted by Gasteiger charge is 2.08. The van der Waals surface area contributed by atoms with Crippen molar-refractivity contribution in [3.05, 3.63) is 24.3 Å². The van der Waals surface area contributed by atoms with Crippen LogP contribution in [0.25, 0.3) is 0 Å². The Hall–Kier alpha value is -1.16. The molecule has 1 amide bonds. The molecule has 0 aromatic heterocycles. The van der Waals surface area contributed by atoms with E-state index in [1.54, 1.807) is 18.2 Å². The Morgan fingerprint density at radius 3 is 2.71 bits per heavy atom. The van der Waals surface area contributed by atoms with Crippen LogP contribution in [0.1, 0.15) is 26.7 Å². The summed E-state index contributed by atoms with van der Waals surface area (Å²) in [7, 11) is 0. The summed E-state index contributed by atoms with van der Waals surface area (Å²) in [4.78, 5) is 12.5. The van der Waals surface area contributed by atoms with Gasteiger partial charge in [-0.25, -0.2) is 0 Å². The van der Waals surface area contributed by atoms with E-state index in [1.165, 1.54) is 11.8 Å². The largest absolute Gasteiger partial charge is 0.508 e. The van der Waals surface area contributed by atoms with Gasteiger partial charge in [0, 0.05) is 10.9 Å². The lowest BCUT2D eigenvalue weighted by atomic mass is 10.2. The molecule has 0 heterocycles. The lowest BCUT2D eigenvalue weighted by molar-refractivity contribution is -0.119. The van der Waals surface area contributed by atoms with Crippen molar-refractivity contribution in [1.82, 2.24) is 5.32 Å². The van der Waals surface area contributed by atoms with Crippen molar-refractivity contribution >= 4 is 17.7 Å². The first-order chi connectivity index (χ1) is 8.15. The molecular weight excluding hydrogens is 234 g/mol. The smallest absolute Gasteiger partial charge is 0.230 e. The number of hydrogen-bond acceptors (Lipinski definition) is 3. The van der Waals surface area contributed by atoms with Crippen molar-refractivity contribution in [3.63, 3.8) is 0 Å². The van der Waals surface area contributed by atoms with Crippen molar-refractivity contribution in [2.45, 2.75) is 37.6 Å². The third-order valence-corrected chi connectivity index (χ3v) is 3.53. The van der Waals surface area contributed by atoms with E-state index >= 15 is 0 Å². The average Bonchev–Trinajstić information content (AvgIpc) is 2.33. The number of nitrogens with one attached hydrogen (secondary N) is 1. The Bertz CT molecular complexity index is 364. The molecule has 17 heavy (non-hydrogen) atoms. The first kappa shape index (κ1) is 13.9. The molecule has 0 atom stereocenters. The molecule has 0 saturated heterocycles. The zero-order valence-corrected chi connectivity index (χ0v) is 11.1. The van der Waals surface area contributed by atoms with Gasteiger partial charge in [0.2, 0.25) is 5.91 Å². The number of benzene rings is 1. The molecule has 94 valence electrons. The van der Waals surface area contributed by atoms with E-state index < -0.39 is 0 Å². The molecule has 0 bridgehead atoms. The minimum absolute atomic E-state index is 0.0482. The van der Waals surface area contributed by atoms with E-state index in [-0.39, 0.29) is 17.7 Å². The number of aromatic hydroxyl groups is 1. The van der Waals surface area contributed by atoms with E-state index in [1.807, 2.05) is 6.07 Å². The molecule has 3 nitrogen and oxygen atoms in total. The van der Waals surface area contributed by atoms with Gasteiger partial charge in [0.15, 0.2) is 0 Å². The maximum absolute atomic E-state index is 11.6. The average molecular weight is 253 g/mol. The summed E-state index contributed by atoms with van der Waals surface area (Å²) in [6.07, 6.45) is 1.91. The van der Waals surface area contributed by atoms with Gasteiger partial charge < -0.3 is 10.4 Å². The van der Waals surface area contributed by atoms with Gasteiger partial charge in [0.05, 0.1) is 5.75 Å². The van der Waals surface area contributed by atoms with Crippen LogP contribution in [0.5, 0.6) is 5.75 Å². The quantitative estimate of drug-likeness (QED) is 0.766. The predicted molar refractivity (Wildman–Crippen MR) is 71.3 cm³/mol. The van der Waals surface area contributed by atoms with Crippen molar-refractivity contribution in [3.8, 4) is 5.75 Å². The van der Waals surface area contributed by atoms with Crippen molar-refractivity contribution < 1.29 is 9.90 Å². The fourth-order valence-corrected chi connectivity index (χ4v) is 2.24. The second-order valence-electron chi connectivity index (χ2n) is 3.87. The maximum Gasteiger partial charge on any atom is 0.230 e. The molecule has 0 fully saturated rings. The fraction of sp³-hybridized carbons (Fsp3) is 0.462. The number of amides is 1. The van der Waals surface area contributed by atoms with Gasteiger partial charge in [0.1, 0.15) is 5.75 Å². The molecule has 1 aromatic rings. The van der Waals surface area contributed by atoms with Crippen LogP contribution in [-0.4, -0.2) is 22.8 Å². The number of rotatable bonds is 6. The summed E-state index contributed by atoms with van der Waals surface area (Å²) in [6, 6.07) is 7.21. The van der Waals surface area contributed by atoms with Gasteiger partial charge in [0.25, 0.3) is 0 Å². The number of carbonyl (C=O) groups excluding carboxylic acids is 1. The van der Waals surface area contributed by atoms with Crippen molar-refractivity contribution in [2.24, 2.45) is 0 Å². The van der Waals surface area contributed by atoms with Crippen LogP contribution in [-0.2, 0) is 4.79 Å². The van der Waals surface area contributed by atoms with Crippen LogP contribution in [0, 0.1) is 0 Å². The summed E-state index contributed by atoms with van der Waals surface area (Å²) >= 11 is 1.43. The van der Waals surface area contributed by atoms with E-state index in [0.29, 0.717) is 5.75 Å². The van der Waals surface area contributed by atoms with E-state index in [4.69, 9.17) is 0 Å². The highest BCUT2D eigenvalue weighted by atomic mass is 32.2. The normalized spacial score (nSPS) is 10.5. The highest BCUT2D eigenvalue weighted by Crippen LogP contribution is 2.21. The van der Waals surface area contributed by atoms with E-state index in [9.17, 15) is 9.90 Å². The standard InChI is InChI=1S/C13H19NO2S/c1-3-10(4-2)14-13(16)9-17-12-7-5-6-11(15)8-12/h5-8,10,15H,3-4,9H2,1-2H3,(H,14,16). The first-order valence-electron chi connectivity index (χ1n) is 5.86. The van der Waals surface area contributed by atoms with Gasteiger partial charge in [-0.05, 0) is 31.0 Å². The number of hydrogen-bond donors (Lipinski definition) is 2. The molecule has 1 rings (SSSR count). The fourth-order valence-electron chi connectivity index (χ4n) is 1.48. The zero-order valence-electron chi connectivity index (χ0n) is 10.3. The molecule has 2 N–H and O–H groups in total. The Morgan fingerprint density at radius 1 is 1.41 bits per heavy atom. The van der Waals surface area contributed by atoms with Crippen molar-refractivity contribution in [2.75, 3.05) is 5.75 Å². The molecule has 0 aliphatic heterocycles. The minimum atomic E-state index is 0.0482. The molecule has 0 unspecified atom stereocenters. The van der Waals surface area contributed by atoms with Crippen LogP contribution in [0.3, 0.4) is 0 Å². The second kappa shape index (κ2) is 7.22. The number of phenolic OH excluding ortho intramolecular Hbond substituents is 1. The number of phenols is 1. The summed E-state index contributed by atoms with van der Waals surface area (Å²) in [5, 5.41) is 12.3. The number of carbonyl (C=O) groups is 1. The second-order valence-corrected chi connectivity index (χ2v) is 4.92. The molecule has 0 aliphatic rings. The van der Waals surface area contributed by atoms with Gasteiger partial charge >= 0.3 is 0 Å². The third kappa shape index (κ3) is 5.13. The Labute approximate surface area is 107 Å². The van der Waals surface area contributed by atoms with Gasteiger partial charge in [-0.1, -0.05) is 19.9 Å². The molecular formula is C13H19NO2S. The summed E-state index contributed by atoms with van der Waals surface area (Å²) in [5.74, 6) is 0.669. The van der Waals surface area contributed by atoms with Gasteiger partial charge in [-0.3, -0.25) is 4.79 Å². The molecule has 0 spiro atoms. The molecule has 0 radical (unpaired) electrons. The van der Waals surface area contributed by atoms with E-state index in [2.05, 4.69) is 19.2 Å². The third-order valence-electron chi connectivity index (χ3n) is 2.54. The van der Waals surface area contributed by atoms with E-state index in [0.717, 1.165) is 17.7 Å². The topological polar surface area (TPSA) is 49.3 Å². The molecule has 0 saturated carbocycles. The molecule has 4 heteroatoms. The summed E-state index contributed by atoms with van der Waals surface area (Å²) in [6.45, 7) is 4.13. The zero-order chi connectivity index (χ0) is 12.7. The molecule has 1 aromatic carbocycles. The Morgan fingerprint density at radius 2 is 2.12 bits per heavy atom. The van der Waals surface area contributed by atoms with Gasteiger partial charge in [-0.2, -0.15) is 0 Å². The summed E-state index contributed by atoms with van der Waals surface area (Å²) in [5.41, 5.74) is 0. The lowest BCUT2D eigenvalue weighted by Gasteiger charge is -2.14. The van der Waals surface area contributed by atoms with Gasteiger partial charge in [-0.15, -0.1) is 11.8 Å². The first-order valence-corrected chi connectivity index (χ1v) is 6.85. The SMILES string of the molecule is CCC(CC)NC(=O)CSc1cccc(O)c1. The maximum atomic E-state index is 11.6. The van der Waals surface area contributed by atoms with Crippen LogP contribution >= 0.6 is 11.8 Å². The van der Waals surface area contributed by atoms with Crippen LogP contribution in [0.15, 0.2) is 29.2 Å².